The molecule has 0 aliphatic heterocycles. The Morgan fingerprint density at radius 2 is 1.86 bits per heavy atom. The molecule has 0 aliphatic carbocycles. The van der Waals surface area contributed by atoms with Crippen molar-refractivity contribution in [3.63, 3.8) is 0 Å². The Labute approximate surface area is 131 Å². The molecule has 0 radical (unpaired) electrons. The third-order valence-electron chi connectivity index (χ3n) is 3.79. The van der Waals surface area contributed by atoms with Gasteiger partial charge in [0.15, 0.2) is 0 Å². The van der Waals surface area contributed by atoms with Crippen LogP contribution in [0.3, 0.4) is 0 Å². The Kier molecular flexibility index (Phi) is 3.27. The highest BCUT2D eigenvalue weighted by atomic mass is 35.5. The van der Waals surface area contributed by atoms with Gasteiger partial charge < -0.3 is 17.4 Å². The Hall–Kier alpha value is -1.84. The van der Waals surface area contributed by atoms with Crippen molar-refractivity contribution in [1.29, 1.82) is 0 Å². The van der Waals surface area contributed by atoms with Crippen LogP contribution < -0.4 is 17.0 Å². The van der Waals surface area contributed by atoms with Gasteiger partial charge in [0.1, 0.15) is 18.4 Å². The smallest absolute Gasteiger partial charge is 0.240 e. The lowest BCUT2D eigenvalue weighted by Crippen LogP contribution is -3.00. The van der Waals surface area contributed by atoms with Crippen molar-refractivity contribution in [1.82, 2.24) is 4.98 Å². The molecule has 0 unspecified atom stereocenters. The third kappa shape index (κ3) is 1.88. The molecule has 106 valence electrons. The lowest BCUT2D eigenvalue weighted by atomic mass is 10.1. The number of rotatable bonds is 0. The third-order valence-corrected chi connectivity index (χ3v) is 4.18. The monoisotopic (exact) mass is 320 g/mol. The van der Waals surface area contributed by atoms with Gasteiger partial charge in [-0.15, -0.1) is 0 Å². The van der Waals surface area contributed by atoms with Gasteiger partial charge in [-0.05, 0) is 24.3 Å². The van der Waals surface area contributed by atoms with E-state index in [4.69, 9.17) is 11.6 Å². The van der Waals surface area contributed by atoms with E-state index in [1.807, 2.05) is 31.3 Å². The van der Waals surface area contributed by atoms with E-state index in [0.717, 1.165) is 32.8 Å². The maximum Gasteiger partial charge on any atom is 0.240 e. The van der Waals surface area contributed by atoms with Crippen LogP contribution >= 0.6 is 11.6 Å². The molecule has 2 aromatic heterocycles. The number of halogens is 3. The molecule has 1 N–H and O–H groups in total. The molecule has 4 rings (SSSR count). The molecule has 0 saturated heterocycles. The second kappa shape index (κ2) is 4.86. The van der Waals surface area contributed by atoms with E-state index in [0.29, 0.717) is 5.02 Å². The van der Waals surface area contributed by atoms with Gasteiger partial charge in [-0.2, -0.15) is 4.57 Å². The summed E-state index contributed by atoms with van der Waals surface area (Å²) in [5.41, 5.74) is 3.64. The van der Waals surface area contributed by atoms with Gasteiger partial charge in [0, 0.05) is 6.07 Å². The minimum Gasteiger partial charge on any atom is -1.00 e. The van der Waals surface area contributed by atoms with Crippen LogP contribution in [-0.2, 0) is 7.05 Å². The largest absolute Gasteiger partial charge is 1.00 e. The summed E-state index contributed by atoms with van der Waals surface area (Å²) in [4.78, 5) is 3.23. The zero-order valence-electron chi connectivity index (χ0n) is 11.1. The standard InChI is InChI=1S/C16H10ClFN2.ClH/c1-20-13-5-3-2-4-11(13)14(17)15-16(20)10-7-6-9(18)8-12(10)19-15;/h2-8H,1H3;1H. The molecule has 5 heteroatoms. The molecule has 0 bridgehead atoms. The molecule has 0 spiro atoms. The second-order valence-electron chi connectivity index (χ2n) is 4.93. The first-order valence-electron chi connectivity index (χ1n) is 6.34. The maximum atomic E-state index is 13.4. The van der Waals surface area contributed by atoms with Crippen LogP contribution in [0.2, 0.25) is 5.02 Å². The van der Waals surface area contributed by atoms with Crippen LogP contribution in [-0.4, -0.2) is 4.98 Å². The molecule has 2 aromatic carbocycles. The van der Waals surface area contributed by atoms with Gasteiger partial charge in [-0.25, -0.2) is 4.39 Å². The number of aryl methyl sites for hydroxylation is 1. The summed E-state index contributed by atoms with van der Waals surface area (Å²) >= 11 is 6.52. The van der Waals surface area contributed by atoms with Crippen molar-refractivity contribution in [2.45, 2.75) is 0 Å². The molecule has 0 amide bonds. The summed E-state index contributed by atoms with van der Waals surface area (Å²) in [7, 11) is 2.00. The van der Waals surface area contributed by atoms with Crippen LogP contribution in [0.4, 0.5) is 4.39 Å². The lowest BCUT2D eigenvalue weighted by molar-refractivity contribution is -0.616. The molecular weight excluding hydrogens is 310 g/mol. The maximum absolute atomic E-state index is 13.4. The minimum atomic E-state index is -0.257. The number of hydrogen-bond acceptors (Lipinski definition) is 0. The first kappa shape index (κ1) is 14.1. The van der Waals surface area contributed by atoms with E-state index in [1.165, 1.54) is 12.1 Å². The Morgan fingerprint density at radius 1 is 1.10 bits per heavy atom. The molecule has 21 heavy (non-hydrogen) atoms. The van der Waals surface area contributed by atoms with E-state index in [-0.39, 0.29) is 18.2 Å². The van der Waals surface area contributed by atoms with E-state index >= 15 is 0 Å². The highest BCUT2D eigenvalue weighted by molar-refractivity contribution is 6.40. The van der Waals surface area contributed by atoms with Crippen LogP contribution in [0.5, 0.6) is 0 Å². The van der Waals surface area contributed by atoms with Gasteiger partial charge >= 0.3 is 0 Å². The lowest BCUT2D eigenvalue weighted by Gasteiger charge is -2.01. The van der Waals surface area contributed by atoms with Crippen LogP contribution in [0, 0.1) is 5.82 Å². The van der Waals surface area contributed by atoms with Gasteiger partial charge in [0.2, 0.25) is 11.0 Å². The predicted molar refractivity (Wildman–Crippen MR) is 79.5 cm³/mol. The molecular formula is C16H11Cl2FN2. The summed E-state index contributed by atoms with van der Waals surface area (Å²) in [6.07, 6.45) is 0. The number of H-pyrrole nitrogens is 1. The number of nitrogens with zero attached hydrogens (tertiary/aromatic N) is 1. The average Bonchev–Trinajstić information content (AvgIpc) is 2.83. The Balaban J connectivity index is 0.00000132. The van der Waals surface area contributed by atoms with Crippen LogP contribution in [0.25, 0.3) is 32.8 Å². The van der Waals surface area contributed by atoms with Gasteiger partial charge in [0.25, 0.3) is 0 Å². The van der Waals surface area contributed by atoms with E-state index < -0.39 is 0 Å². The number of aromatic nitrogens is 2. The number of pyridine rings is 1. The van der Waals surface area contributed by atoms with Gasteiger partial charge in [-0.1, -0.05) is 23.7 Å². The summed E-state index contributed by atoms with van der Waals surface area (Å²) < 4.78 is 15.5. The molecule has 0 atom stereocenters. The summed E-state index contributed by atoms with van der Waals surface area (Å²) in [5.74, 6) is -0.257. The number of aromatic amines is 1. The highest BCUT2D eigenvalue weighted by Crippen LogP contribution is 2.32. The number of benzene rings is 2. The fraction of sp³-hybridized carbons (Fsp3) is 0.0625. The fourth-order valence-electron chi connectivity index (χ4n) is 2.87. The van der Waals surface area contributed by atoms with E-state index in [2.05, 4.69) is 9.55 Å². The molecule has 0 aliphatic rings. The van der Waals surface area contributed by atoms with Crippen molar-refractivity contribution < 1.29 is 21.4 Å². The molecule has 2 nitrogen and oxygen atoms in total. The zero-order valence-corrected chi connectivity index (χ0v) is 12.6. The average molecular weight is 321 g/mol. The first-order valence-corrected chi connectivity index (χ1v) is 6.72. The predicted octanol–water partition coefficient (Wildman–Crippen LogP) is 1.10. The van der Waals surface area contributed by atoms with Crippen LogP contribution in [0.1, 0.15) is 0 Å². The molecule has 2 heterocycles. The van der Waals surface area contributed by atoms with E-state index in [9.17, 15) is 4.39 Å². The highest BCUT2D eigenvalue weighted by Gasteiger charge is 2.21. The first-order chi connectivity index (χ1) is 9.66. The summed E-state index contributed by atoms with van der Waals surface area (Å²) in [6.45, 7) is 0. The SMILES string of the molecule is C[n+]1c2ccccc2c(Cl)c2[nH]c3cc(F)ccc3c21.[Cl-]. The molecule has 4 aromatic rings. The number of fused-ring (bicyclic) bond motifs is 4. The minimum absolute atomic E-state index is 0. The van der Waals surface area contributed by atoms with Gasteiger partial charge in [-0.3, -0.25) is 0 Å². The second-order valence-corrected chi connectivity index (χ2v) is 5.31. The van der Waals surface area contributed by atoms with Crippen molar-refractivity contribution in [3.05, 3.63) is 53.3 Å². The van der Waals surface area contributed by atoms with E-state index in [1.54, 1.807) is 6.07 Å². The van der Waals surface area contributed by atoms with Crippen molar-refractivity contribution in [3.8, 4) is 0 Å². The quantitative estimate of drug-likeness (QED) is 0.468. The zero-order chi connectivity index (χ0) is 13.9. The molecule has 0 saturated carbocycles. The van der Waals surface area contributed by atoms with Crippen molar-refractivity contribution >= 4 is 44.4 Å². The Morgan fingerprint density at radius 3 is 2.67 bits per heavy atom. The van der Waals surface area contributed by atoms with Crippen LogP contribution in [0.15, 0.2) is 42.5 Å². The topological polar surface area (TPSA) is 19.7 Å². The number of nitrogens with one attached hydrogen (secondary N) is 1. The Bertz CT molecular complexity index is 992. The fourth-order valence-corrected chi connectivity index (χ4v) is 3.17. The number of para-hydroxylation sites is 1. The van der Waals surface area contributed by atoms with Crippen molar-refractivity contribution in [2.24, 2.45) is 7.05 Å². The summed E-state index contributed by atoms with van der Waals surface area (Å²) in [5, 5.41) is 2.62. The summed E-state index contributed by atoms with van der Waals surface area (Å²) in [6, 6.07) is 12.7. The van der Waals surface area contributed by atoms with Crippen molar-refractivity contribution in [2.75, 3.05) is 0 Å². The molecule has 0 fully saturated rings. The van der Waals surface area contributed by atoms with Gasteiger partial charge in [0.05, 0.1) is 21.3 Å². The normalized spacial score (nSPS) is 11.2. The number of hydrogen-bond donors (Lipinski definition) is 1.